The number of benzene rings is 6. The third-order valence-corrected chi connectivity index (χ3v) is 10.2. The minimum atomic E-state index is 0.909. The predicted octanol–water partition coefficient (Wildman–Crippen LogP) is 10.7. The van der Waals surface area contributed by atoms with Crippen LogP contribution in [0.3, 0.4) is 0 Å². The van der Waals surface area contributed by atoms with Crippen molar-refractivity contribution in [1.82, 2.24) is 14.4 Å². The Morgan fingerprint density at radius 1 is 0.535 bits per heavy atom. The van der Waals surface area contributed by atoms with Crippen LogP contribution in [-0.4, -0.2) is 14.4 Å². The van der Waals surface area contributed by atoms with Gasteiger partial charge in [-0.1, -0.05) is 60.7 Å². The van der Waals surface area contributed by atoms with Crippen LogP contribution < -0.4 is 0 Å². The Bertz CT molecular complexity index is 2960. The first-order chi connectivity index (χ1) is 21.3. The normalized spacial score (nSPS) is 12.7. The summed E-state index contributed by atoms with van der Waals surface area (Å²) in [4.78, 5) is 10.5. The monoisotopic (exact) mass is 565 g/mol. The number of rotatable bonds is 1. The van der Waals surface area contributed by atoms with Gasteiger partial charge in [-0.05, 0) is 65.7 Å². The third-order valence-electron chi connectivity index (χ3n) is 9.10. The number of hydrogen-bond acceptors (Lipinski definition) is 4. The number of para-hydroxylation sites is 3. The van der Waals surface area contributed by atoms with Gasteiger partial charge in [0.25, 0.3) is 0 Å². The van der Waals surface area contributed by atoms with Crippen LogP contribution in [-0.2, 0) is 0 Å². The Hall–Kier alpha value is -5.52. The molecule has 0 spiro atoms. The molecule has 0 aliphatic heterocycles. The molecule has 0 N–H and O–H groups in total. The van der Waals surface area contributed by atoms with Crippen molar-refractivity contribution in [3.8, 4) is 11.1 Å². The second-order valence-electron chi connectivity index (χ2n) is 11.4. The van der Waals surface area contributed by atoms with Gasteiger partial charge in [-0.25, -0.2) is 9.97 Å². The Morgan fingerprint density at radius 2 is 1.28 bits per heavy atom. The van der Waals surface area contributed by atoms with E-state index >= 15 is 0 Å². The number of nitrogens with zero attached hydrogens (tertiary/aromatic N) is 3. The standard InChI is InChI=1S/C38H19N3OS/c1-5-11-30-22(7-1)23-15-13-21(18-31(23)42-30)20-14-16-29-25(17-20)26-19-33-34(24-8-2-6-12-32(24)43-33)35-36-38(41(29)37(26)35)40-28-10-4-3-9-27(28)39-36/h1-19H. The molecule has 0 aliphatic carbocycles. The maximum atomic E-state index is 6.23. The number of fused-ring (bicyclic) bond motifs is 14. The highest BCUT2D eigenvalue weighted by molar-refractivity contribution is 7.26. The molecule has 0 amide bonds. The van der Waals surface area contributed by atoms with Gasteiger partial charge < -0.3 is 4.42 Å². The van der Waals surface area contributed by atoms with Gasteiger partial charge in [0, 0.05) is 47.1 Å². The summed E-state index contributed by atoms with van der Waals surface area (Å²) < 4.78 is 11.1. The maximum absolute atomic E-state index is 6.23. The molecule has 0 saturated heterocycles. The highest BCUT2D eigenvalue weighted by atomic mass is 32.1. The quantitative estimate of drug-likeness (QED) is 0.199. The van der Waals surface area contributed by atoms with Crippen LogP contribution in [0.1, 0.15) is 0 Å². The van der Waals surface area contributed by atoms with Crippen molar-refractivity contribution in [2.75, 3.05) is 0 Å². The smallest absolute Gasteiger partial charge is 0.165 e. The van der Waals surface area contributed by atoms with Gasteiger partial charge in [0.2, 0.25) is 0 Å². The Morgan fingerprint density at radius 3 is 2.21 bits per heavy atom. The fraction of sp³-hybridized carbons (Fsp3) is 0. The number of furan rings is 1. The number of aromatic nitrogens is 3. The molecule has 0 fully saturated rings. The summed E-state index contributed by atoms with van der Waals surface area (Å²) in [6.45, 7) is 0. The summed E-state index contributed by atoms with van der Waals surface area (Å²) in [6, 6.07) is 40.9. The third kappa shape index (κ3) is 2.75. The van der Waals surface area contributed by atoms with E-state index in [-0.39, 0.29) is 0 Å². The molecule has 0 atom stereocenters. The average molecular weight is 566 g/mol. The molecule has 4 nitrogen and oxygen atoms in total. The largest absolute Gasteiger partial charge is 0.456 e. The van der Waals surface area contributed by atoms with E-state index in [1.807, 2.05) is 35.6 Å². The molecular weight excluding hydrogens is 547 g/mol. The van der Waals surface area contributed by atoms with Crippen LogP contribution in [0, 0.1) is 0 Å². The molecule has 0 aliphatic rings. The van der Waals surface area contributed by atoms with Crippen LogP contribution in [0.5, 0.6) is 0 Å². The van der Waals surface area contributed by atoms with E-state index in [1.54, 1.807) is 0 Å². The van der Waals surface area contributed by atoms with Crippen molar-refractivity contribution in [3.05, 3.63) is 115 Å². The Labute approximate surface area is 247 Å². The molecular formula is C38H19N3OS. The lowest BCUT2D eigenvalue weighted by Crippen LogP contribution is -1.89. The van der Waals surface area contributed by atoms with Crippen molar-refractivity contribution in [3.63, 3.8) is 0 Å². The fourth-order valence-corrected chi connectivity index (χ4v) is 8.39. The van der Waals surface area contributed by atoms with Gasteiger partial charge in [0.15, 0.2) is 5.65 Å². The van der Waals surface area contributed by atoms with Crippen molar-refractivity contribution in [2.24, 2.45) is 0 Å². The van der Waals surface area contributed by atoms with Gasteiger partial charge in [0.1, 0.15) is 16.7 Å². The molecule has 0 unspecified atom stereocenters. The lowest BCUT2D eigenvalue weighted by molar-refractivity contribution is 0.669. The minimum Gasteiger partial charge on any atom is -0.456 e. The van der Waals surface area contributed by atoms with Gasteiger partial charge >= 0.3 is 0 Å². The van der Waals surface area contributed by atoms with Gasteiger partial charge in [-0.2, -0.15) is 0 Å². The average Bonchev–Trinajstić information content (AvgIpc) is 3.78. The molecule has 5 aromatic heterocycles. The van der Waals surface area contributed by atoms with Gasteiger partial charge in [-0.15, -0.1) is 11.3 Å². The molecule has 11 rings (SSSR count). The Kier molecular flexibility index (Phi) is 3.94. The zero-order chi connectivity index (χ0) is 27.8. The second kappa shape index (κ2) is 7.65. The fourth-order valence-electron chi connectivity index (χ4n) is 7.23. The maximum Gasteiger partial charge on any atom is 0.165 e. The van der Waals surface area contributed by atoms with Gasteiger partial charge in [0.05, 0.1) is 22.1 Å². The lowest BCUT2D eigenvalue weighted by Gasteiger charge is -2.04. The zero-order valence-electron chi connectivity index (χ0n) is 22.6. The summed E-state index contributed by atoms with van der Waals surface area (Å²) in [5.41, 5.74) is 10.2. The van der Waals surface area contributed by atoms with Crippen LogP contribution in [0.25, 0.3) is 103 Å². The molecule has 5 heteroatoms. The summed E-state index contributed by atoms with van der Waals surface area (Å²) in [7, 11) is 0. The highest BCUT2D eigenvalue weighted by Gasteiger charge is 2.24. The zero-order valence-corrected chi connectivity index (χ0v) is 23.4. The van der Waals surface area contributed by atoms with Crippen LogP contribution in [0.2, 0.25) is 0 Å². The van der Waals surface area contributed by atoms with Crippen molar-refractivity contribution in [1.29, 1.82) is 0 Å². The van der Waals surface area contributed by atoms with Crippen LogP contribution in [0.15, 0.2) is 120 Å². The molecule has 198 valence electrons. The van der Waals surface area contributed by atoms with Crippen LogP contribution >= 0.6 is 11.3 Å². The summed E-state index contributed by atoms with van der Waals surface area (Å²) in [5.74, 6) is 0. The number of thiophene rings is 1. The first kappa shape index (κ1) is 22.1. The van der Waals surface area contributed by atoms with Crippen LogP contribution in [0.4, 0.5) is 0 Å². The van der Waals surface area contributed by atoms with E-state index in [1.165, 1.54) is 41.8 Å². The topological polar surface area (TPSA) is 43.3 Å². The molecule has 6 aromatic carbocycles. The number of hydrogen-bond donors (Lipinski definition) is 0. The molecule has 0 radical (unpaired) electrons. The van der Waals surface area contributed by atoms with E-state index in [9.17, 15) is 0 Å². The van der Waals surface area contributed by atoms with Crippen molar-refractivity contribution >= 4 is 103 Å². The summed E-state index contributed by atoms with van der Waals surface area (Å²) >= 11 is 1.85. The Balaban J connectivity index is 1.28. The molecule has 5 heterocycles. The minimum absolute atomic E-state index is 0.909. The SMILES string of the molecule is c1ccc2nc3c(nc2c1)c1c2c(cc4c5cc(-c6ccc7c(c6)oc6ccccc67)ccc5n3c41)sc1ccccc12. The predicted molar refractivity (Wildman–Crippen MR) is 180 cm³/mol. The molecule has 0 saturated carbocycles. The molecule has 43 heavy (non-hydrogen) atoms. The summed E-state index contributed by atoms with van der Waals surface area (Å²) in [6.07, 6.45) is 0. The first-order valence-corrected chi connectivity index (χ1v) is 15.2. The second-order valence-corrected chi connectivity index (χ2v) is 12.5. The first-order valence-electron chi connectivity index (χ1n) is 14.4. The van der Waals surface area contributed by atoms with E-state index in [0.717, 1.165) is 60.8 Å². The van der Waals surface area contributed by atoms with E-state index in [2.05, 4.69) is 95.4 Å². The lowest BCUT2D eigenvalue weighted by atomic mass is 10.00. The van der Waals surface area contributed by atoms with Crippen molar-refractivity contribution < 1.29 is 4.42 Å². The van der Waals surface area contributed by atoms with E-state index in [4.69, 9.17) is 14.4 Å². The van der Waals surface area contributed by atoms with E-state index < -0.39 is 0 Å². The van der Waals surface area contributed by atoms with Gasteiger partial charge in [-0.3, -0.25) is 4.40 Å². The highest BCUT2D eigenvalue weighted by Crippen LogP contribution is 2.47. The summed E-state index contributed by atoms with van der Waals surface area (Å²) in [5, 5.41) is 8.50. The molecule has 0 bridgehead atoms. The van der Waals surface area contributed by atoms with Crippen molar-refractivity contribution in [2.45, 2.75) is 0 Å². The molecule has 11 aromatic rings. The van der Waals surface area contributed by atoms with E-state index in [0.29, 0.717) is 0 Å².